The minimum Gasteiger partial charge on any atom is -0.450 e. The standard InChI is InChI=1S/C17H24N2O5/c1-4-22-16(21)19-14-8-6-5-7-12(14)9-15(20)18-13-10-23-17(2,3)24-11-13/h5-8,13H,4,9-11H2,1-3H3,(H,18,20)(H,19,21). The van der Waals surface area contributed by atoms with Crippen LogP contribution >= 0.6 is 0 Å². The topological polar surface area (TPSA) is 85.9 Å². The summed E-state index contributed by atoms with van der Waals surface area (Å²) in [5.41, 5.74) is 1.27. The van der Waals surface area contributed by atoms with Gasteiger partial charge < -0.3 is 19.5 Å². The molecule has 1 aromatic rings. The molecule has 0 atom stereocenters. The number of rotatable bonds is 5. The summed E-state index contributed by atoms with van der Waals surface area (Å²) in [5.74, 6) is -0.776. The molecule has 0 radical (unpaired) electrons. The molecular weight excluding hydrogens is 312 g/mol. The van der Waals surface area contributed by atoms with Crippen molar-refractivity contribution in [2.75, 3.05) is 25.1 Å². The molecule has 1 fully saturated rings. The Bertz CT molecular complexity index is 578. The number of carbonyl (C=O) groups excluding carboxylic acids is 2. The molecule has 0 unspecified atom stereocenters. The van der Waals surface area contributed by atoms with Crippen molar-refractivity contribution in [3.8, 4) is 0 Å². The van der Waals surface area contributed by atoms with Crippen molar-refractivity contribution >= 4 is 17.7 Å². The Morgan fingerprint density at radius 1 is 1.25 bits per heavy atom. The molecule has 1 aliphatic heterocycles. The van der Waals surface area contributed by atoms with Gasteiger partial charge in [-0.15, -0.1) is 0 Å². The fraction of sp³-hybridized carbons (Fsp3) is 0.529. The Balaban J connectivity index is 1.91. The van der Waals surface area contributed by atoms with Crippen molar-refractivity contribution in [3.63, 3.8) is 0 Å². The Morgan fingerprint density at radius 3 is 2.58 bits per heavy atom. The Labute approximate surface area is 141 Å². The lowest BCUT2D eigenvalue weighted by atomic mass is 10.1. The number of nitrogens with one attached hydrogen (secondary N) is 2. The van der Waals surface area contributed by atoms with E-state index in [9.17, 15) is 9.59 Å². The highest BCUT2D eigenvalue weighted by atomic mass is 16.7. The molecule has 1 aromatic carbocycles. The van der Waals surface area contributed by atoms with Crippen LogP contribution in [0.5, 0.6) is 0 Å². The summed E-state index contributed by atoms with van der Waals surface area (Å²) in [6.45, 7) is 6.49. The first-order chi connectivity index (χ1) is 11.4. The average molecular weight is 336 g/mol. The van der Waals surface area contributed by atoms with Crippen LogP contribution in [0.1, 0.15) is 26.3 Å². The van der Waals surface area contributed by atoms with Crippen molar-refractivity contribution < 1.29 is 23.8 Å². The summed E-state index contributed by atoms with van der Waals surface area (Å²) in [5, 5.41) is 5.52. The minimum absolute atomic E-state index is 0.141. The predicted molar refractivity (Wildman–Crippen MR) is 88.7 cm³/mol. The van der Waals surface area contributed by atoms with Crippen LogP contribution in [0.25, 0.3) is 0 Å². The highest BCUT2D eigenvalue weighted by Crippen LogP contribution is 2.18. The average Bonchev–Trinajstić information content (AvgIpc) is 2.51. The number of hydrogen-bond acceptors (Lipinski definition) is 5. The summed E-state index contributed by atoms with van der Waals surface area (Å²) in [6.07, 6.45) is -0.399. The molecule has 2 rings (SSSR count). The van der Waals surface area contributed by atoms with E-state index in [2.05, 4.69) is 10.6 Å². The van der Waals surface area contributed by atoms with Crippen LogP contribution in [-0.4, -0.2) is 43.7 Å². The smallest absolute Gasteiger partial charge is 0.411 e. The highest BCUT2D eigenvalue weighted by Gasteiger charge is 2.29. The summed E-state index contributed by atoms with van der Waals surface area (Å²) < 4.78 is 15.9. The van der Waals surface area contributed by atoms with E-state index in [1.165, 1.54) is 0 Å². The first-order valence-electron chi connectivity index (χ1n) is 7.98. The fourth-order valence-corrected chi connectivity index (χ4v) is 2.30. The summed E-state index contributed by atoms with van der Waals surface area (Å²) >= 11 is 0. The molecule has 2 N–H and O–H groups in total. The van der Waals surface area contributed by atoms with Gasteiger partial charge in [0.2, 0.25) is 5.91 Å². The first-order valence-corrected chi connectivity index (χ1v) is 7.98. The lowest BCUT2D eigenvalue weighted by molar-refractivity contribution is -0.252. The molecule has 24 heavy (non-hydrogen) atoms. The van der Waals surface area contributed by atoms with Gasteiger partial charge in [0.15, 0.2) is 5.79 Å². The van der Waals surface area contributed by atoms with Gasteiger partial charge in [-0.3, -0.25) is 10.1 Å². The molecule has 0 saturated carbocycles. The van der Waals surface area contributed by atoms with Gasteiger partial charge in [-0.1, -0.05) is 18.2 Å². The molecule has 0 spiro atoms. The van der Waals surface area contributed by atoms with Gasteiger partial charge in [0.1, 0.15) is 0 Å². The Kier molecular flexibility index (Phi) is 6.16. The van der Waals surface area contributed by atoms with E-state index in [1.54, 1.807) is 25.1 Å². The first kappa shape index (κ1) is 18.2. The Morgan fingerprint density at radius 2 is 1.92 bits per heavy atom. The number of carbonyl (C=O) groups is 2. The van der Waals surface area contributed by atoms with E-state index in [1.807, 2.05) is 19.9 Å². The van der Waals surface area contributed by atoms with Crippen LogP contribution in [0.3, 0.4) is 0 Å². The number of amides is 2. The van der Waals surface area contributed by atoms with E-state index in [4.69, 9.17) is 14.2 Å². The van der Waals surface area contributed by atoms with Crippen LogP contribution in [0.2, 0.25) is 0 Å². The van der Waals surface area contributed by atoms with Crippen LogP contribution in [-0.2, 0) is 25.4 Å². The molecule has 7 heteroatoms. The largest absolute Gasteiger partial charge is 0.450 e. The molecule has 0 bridgehead atoms. The maximum Gasteiger partial charge on any atom is 0.411 e. The maximum atomic E-state index is 12.2. The predicted octanol–water partition coefficient (Wildman–Crippen LogP) is 2.07. The summed E-state index contributed by atoms with van der Waals surface area (Å²) in [4.78, 5) is 23.8. The summed E-state index contributed by atoms with van der Waals surface area (Å²) in [7, 11) is 0. The van der Waals surface area contributed by atoms with E-state index in [-0.39, 0.29) is 25.0 Å². The SMILES string of the molecule is CCOC(=O)Nc1ccccc1CC(=O)NC1COC(C)(C)OC1. The van der Waals surface area contributed by atoms with Crippen molar-refractivity contribution in [2.45, 2.75) is 39.0 Å². The molecular formula is C17H24N2O5. The molecule has 1 aliphatic rings. The fourth-order valence-electron chi connectivity index (χ4n) is 2.30. The van der Waals surface area contributed by atoms with Gasteiger partial charge in [-0.25, -0.2) is 4.79 Å². The van der Waals surface area contributed by atoms with Crippen molar-refractivity contribution in [3.05, 3.63) is 29.8 Å². The van der Waals surface area contributed by atoms with Gasteiger partial charge in [-0.05, 0) is 32.4 Å². The normalized spacial score (nSPS) is 17.1. The third kappa shape index (κ3) is 5.50. The molecule has 2 amide bonds. The molecule has 1 saturated heterocycles. The second-order valence-corrected chi connectivity index (χ2v) is 5.97. The van der Waals surface area contributed by atoms with Gasteiger partial charge in [0.25, 0.3) is 0 Å². The van der Waals surface area contributed by atoms with Crippen LogP contribution in [0, 0.1) is 0 Å². The molecule has 132 valence electrons. The van der Waals surface area contributed by atoms with Crippen LogP contribution < -0.4 is 10.6 Å². The van der Waals surface area contributed by atoms with Crippen molar-refractivity contribution in [2.24, 2.45) is 0 Å². The van der Waals surface area contributed by atoms with E-state index >= 15 is 0 Å². The van der Waals surface area contributed by atoms with Gasteiger partial charge in [-0.2, -0.15) is 0 Å². The zero-order valence-electron chi connectivity index (χ0n) is 14.3. The van der Waals surface area contributed by atoms with Gasteiger partial charge in [0.05, 0.1) is 32.3 Å². The van der Waals surface area contributed by atoms with E-state index in [0.29, 0.717) is 24.5 Å². The van der Waals surface area contributed by atoms with Crippen LogP contribution in [0.15, 0.2) is 24.3 Å². The molecule has 1 heterocycles. The second kappa shape index (κ2) is 8.12. The maximum absolute atomic E-state index is 12.2. The third-order valence-electron chi connectivity index (χ3n) is 3.51. The zero-order chi connectivity index (χ0) is 17.6. The van der Waals surface area contributed by atoms with Crippen molar-refractivity contribution in [1.29, 1.82) is 0 Å². The number of hydrogen-bond donors (Lipinski definition) is 2. The summed E-state index contributed by atoms with van der Waals surface area (Å²) in [6, 6.07) is 6.94. The number of anilines is 1. The second-order valence-electron chi connectivity index (χ2n) is 5.97. The van der Waals surface area contributed by atoms with E-state index in [0.717, 1.165) is 0 Å². The molecule has 0 aliphatic carbocycles. The number of para-hydroxylation sites is 1. The highest BCUT2D eigenvalue weighted by molar-refractivity contribution is 5.88. The monoisotopic (exact) mass is 336 g/mol. The number of benzene rings is 1. The molecule has 7 nitrogen and oxygen atoms in total. The minimum atomic E-state index is -0.614. The van der Waals surface area contributed by atoms with Gasteiger partial charge >= 0.3 is 6.09 Å². The van der Waals surface area contributed by atoms with Crippen molar-refractivity contribution in [1.82, 2.24) is 5.32 Å². The Hall–Kier alpha value is -2.12. The third-order valence-corrected chi connectivity index (χ3v) is 3.51. The van der Waals surface area contributed by atoms with E-state index < -0.39 is 11.9 Å². The lowest BCUT2D eigenvalue weighted by Crippen LogP contribution is -2.50. The van der Waals surface area contributed by atoms with Gasteiger partial charge in [0, 0.05) is 5.69 Å². The quantitative estimate of drug-likeness (QED) is 0.860. The number of ether oxygens (including phenoxy) is 3. The molecule has 0 aromatic heterocycles. The van der Waals surface area contributed by atoms with Crippen LogP contribution in [0.4, 0.5) is 10.5 Å². The zero-order valence-corrected chi connectivity index (χ0v) is 14.3. The lowest BCUT2D eigenvalue weighted by Gasteiger charge is -2.35.